The van der Waals surface area contributed by atoms with Crippen molar-refractivity contribution in [2.75, 3.05) is 13.2 Å². The Morgan fingerprint density at radius 3 is 2.94 bits per heavy atom. The highest BCUT2D eigenvalue weighted by molar-refractivity contribution is 9.10. The number of hydrogen-bond donors (Lipinski definition) is 1. The van der Waals surface area contributed by atoms with Gasteiger partial charge in [-0.25, -0.2) is 4.98 Å². The molecule has 0 aliphatic carbocycles. The van der Waals surface area contributed by atoms with Gasteiger partial charge in [-0.1, -0.05) is 26.1 Å². The monoisotopic (exact) mass is 330 g/mol. The summed E-state index contributed by atoms with van der Waals surface area (Å²) < 4.78 is 7.01. The lowest BCUT2D eigenvalue weighted by Gasteiger charge is -2.12. The third kappa shape index (κ3) is 3.62. The van der Waals surface area contributed by atoms with Crippen molar-refractivity contribution in [1.29, 1.82) is 0 Å². The molecular weight excluding hydrogens is 312 g/mol. The molecule has 1 aliphatic heterocycles. The summed E-state index contributed by atoms with van der Waals surface area (Å²) in [7, 11) is 0. The number of halogens is 1. The number of nitrogens with one attached hydrogen (secondary N) is 1. The lowest BCUT2D eigenvalue weighted by Crippen LogP contribution is -2.10. The van der Waals surface area contributed by atoms with Gasteiger partial charge in [0.25, 0.3) is 0 Å². The van der Waals surface area contributed by atoms with E-state index in [2.05, 4.69) is 39.7 Å². The lowest BCUT2D eigenvalue weighted by atomic mass is 10.0. The predicted molar refractivity (Wildman–Crippen MR) is 78.3 cm³/mol. The van der Waals surface area contributed by atoms with Gasteiger partial charge in [0, 0.05) is 25.3 Å². The summed E-state index contributed by atoms with van der Waals surface area (Å²) in [6.07, 6.45) is 3.04. The van der Waals surface area contributed by atoms with E-state index in [9.17, 15) is 0 Å². The minimum atomic E-state index is 0.580. The molecule has 0 amide bonds. The van der Waals surface area contributed by atoms with Crippen LogP contribution in [0.25, 0.3) is 0 Å². The van der Waals surface area contributed by atoms with Crippen molar-refractivity contribution < 1.29 is 4.74 Å². The van der Waals surface area contributed by atoms with E-state index < -0.39 is 0 Å². The molecule has 18 heavy (non-hydrogen) atoms. The standard InChI is InChI=1S/C13H19BrN2OS/c1-8(2)5-10-12(14)13(18)16-11(15-10)6-9-3-4-17-7-9/h8-9H,3-7H2,1-2H3,(H,15,16,18). The molecule has 0 bridgehead atoms. The van der Waals surface area contributed by atoms with Gasteiger partial charge in [0.1, 0.15) is 10.5 Å². The molecule has 1 saturated heterocycles. The van der Waals surface area contributed by atoms with Crippen LogP contribution >= 0.6 is 28.1 Å². The maximum Gasteiger partial charge on any atom is 0.144 e. The third-order valence-corrected chi connectivity index (χ3v) is 4.51. The second-order valence-corrected chi connectivity index (χ2v) is 6.49. The average Bonchev–Trinajstić information content (AvgIpc) is 2.77. The zero-order valence-electron chi connectivity index (χ0n) is 10.8. The molecule has 0 spiro atoms. The van der Waals surface area contributed by atoms with Crippen molar-refractivity contribution in [1.82, 2.24) is 9.97 Å². The van der Waals surface area contributed by atoms with Crippen molar-refractivity contribution in [2.24, 2.45) is 11.8 Å². The quantitative estimate of drug-likeness (QED) is 0.856. The molecule has 0 aromatic carbocycles. The van der Waals surface area contributed by atoms with E-state index in [1.54, 1.807) is 0 Å². The SMILES string of the molecule is CC(C)Cc1[nH]c(CC2CCOC2)nc(=S)c1Br. The summed E-state index contributed by atoms with van der Waals surface area (Å²) in [5.74, 6) is 2.17. The van der Waals surface area contributed by atoms with Crippen molar-refractivity contribution >= 4 is 28.1 Å². The third-order valence-electron chi connectivity index (χ3n) is 3.10. The summed E-state index contributed by atoms with van der Waals surface area (Å²) >= 11 is 8.85. The maximum absolute atomic E-state index is 5.40. The van der Waals surface area contributed by atoms with E-state index in [-0.39, 0.29) is 0 Å². The molecular formula is C13H19BrN2OS. The van der Waals surface area contributed by atoms with Crippen LogP contribution < -0.4 is 0 Å². The number of nitrogens with zero attached hydrogens (tertiary/aromatic N) is 1. The van der Waals surface area contributed by atoms with Crippen LogP contribution in [-0.4, -0.2) is 23.2 Å². The number of hydrogen-bond acceptors (Lipinski definition) is 3. The first-order valence-electron chi connectivity index (χ1n) is 6.41. The van der Waals surface area contributed by atoms with Gasteiger partial charge in [-0.2, -0.15) is 0 Å². The highest BCUT2D eigenvalue weighted by Gasteiger charge is 2.18. The van der Waals surface area contributed by atoms with Crippen LogP contribution in [0.4, 0.5) is 0 Å². The summed E-state index contributed by atoms with van der Waals surface area (Å²) in [6.45, 7) is 6.13. The van der Waals surface area contributed by atoms with Crippen molar-refractivity contribution in [3.63, 3.8) is 0 Å². The van der Waals surface area contributed by atoms with Crippen molar-refractivity contribution in [3.05, 3.63) is 20.6 Å². The largest absolute Gasteiger partial charge is 0.381 e. The fourth-order valence-electron chi connectivity index (χ4n) is 2.22. The highest BCUT2D eigenvalue weighted by atomic mass is 79.9. The Hall–Kier alpha value is -0.260. The molecule has 100 valence electrons. The predicted octanol–water partition coefficient (Wildman–Crippen LogP) is 3.68. The molecule has 1 aliphatic rings. The summed E-state index contributed by atoms with van der Waals surface area (Å²) in [5, 5.41) is 0. The molecule has 3 nitrogen and oxygen atoms in total. The molecule has 1 atom stereocenters. The topological polar surface area (TPSA) is 37.9 Å². The Morgan fingerprint density at radius 1 is 1.56 bits per heavy atom. The first-order chi connectivity index (χ1) is 8.56. The van der Waals surface area contributed by atoms with Gasteiger partial charge >= 0.3 is 0 Å². The lowest BCUT2D eigenvalue weighted by molar-refractivity contribution is 0.185. The van der Waals surface area contributed by atoms with Gasteiger partial charge in [-0.05, 0) is 40.6 Å². The first-order valence-corrected chi connectivity index (χ1v) is 7.61. The van der Waals surface area contributed by atoms with E-state index in [1.807, 2.05) is 0 Å². The van der Waals surface area contributed by atoms with E-state index >= 15 is 0 Å². The fraction of sp³-hybridized carbons (Fsp3) is 0.692. The molecule has 1 fully saturated rings. The van der Waals surface area contributed by atoms with E-state index in [1.165, 1.54) is 5.69 Å². The molecule has 0 radical (unpaired) electrons. The van der Waals surface area contributed by atoms with Crippen LogP contribution in [0.5, 0.6) is 0 Å². The number of aromatic nitrogens is 2. The Labute approximate surface area is 121 Å². The van der Waals surface area contributed by atoms with Crippen LogP contribution in [-0.2, 0) is 17.6 Å². The summed E-state index contributed by atoms with van der Waals surface area (Å²) in [5.41, 5.74) is 1.17. The molecule has 1 aromatic rings. The molecule has 1 N–H and O–H groups in total. The fourth-order valence-corrected chi connectivity index (χ4v) is 2.80. The van der Waals surface area contributed by atoms with Gasteiger partial charge < -0.3 is 9.72 Å². The summed E-state index contributed by atoms with van der Waals surface area (Å²) in [6, 6.07) is 0. The molecule has 1 unspecified atom stereocenters. The Balaban J connectivity index is 2.20. The minimum absolute atomic E-state index is 0.580. The van der Waals surface area contributed by atoms with Crippen LogP contribution in [0.1, 0.15) is 31.8 Å². The van der Waals surface area contributed by atoms with Crippen molar-refractivity contribution in [3.8, 4) is 0 Å². The molecule has 2 rings (SSSR count). The molecule has 0 saturated carbocycles. The number of ether oxygens (including phenoxy) is 1. The van der Waals surface area contributed by atoms with Crippen molar-refractivity contribution in [2.45, 2.75) is 33.1 Å². The van der Waals surface area contributed by atoms with Gasteiger partial charge in [0.05, 0.1) is 4.47 Å². The zero-order chi connectivity index (χ0) is 13.1. The van der Waals surface area contributed by atoms with E-state index in [0.29, 0.717) is 16.5 Å². The van der Waals surface area contributed by atoms with Gasteiger partial charge in [0.15, 0.2) is 0 Å². The van der Waals surface area contributed by atoms with Crippen LogP contribution in [0.3, 0.4) is 0 Å². The number of H-pyrrole nitrogens is 1. The van der Waals surface area contributed by atoms with Gasteiger partial charge in [0.2, 0.25) is 0 Å². The zero-order valence-corrected chi connectivity index (χ0v) is 13.2. The Morgan fingerprint density at radius 2 is 2.33 bits per heavy atom. The van der Waals surface area contributed by atoms with Crippen LogP contribution in [0.2, 0.25) is 0 Å². The second-order valence-electron chi connectivity index (χ2n) is 5.31. The number of rotatable bonds is 4. The normalized spacial score (nSPS) is 19.7. The Bertz CT molecular complexity index is 467. The molecule has 5 heteroatoms. The average molecular weight is 331 g/mol. The van der Waals surface area contributed by atoms with E-state index in [4.69, 9.17) is 17.0 Å². The Kier molecular flexibility index (Phi) is 4.92. The maximum atomic E-state index is 5.40. The second kappa shape index (κ2) is 6.26. The van der Waals surface area contributed by atoms with Crippen LogP contribution in [0.15, 0.2) is 4.47 Å². The highest BCUT2D eigenvalue weighted by Crippen LogP contribution is 2.21. The smallest absolute Gasteiger partial charge is 0.144 e. The minimum Gasteiger partial charge on any atom is -0.381 e. The van der Waals surface area contributed by atoms with E-state index in [0.717, 1.165) is 42.8 Å². The van der Waals surface area contributed by atoms with Crippen LogP contribution in [0, 0.1) is 16.5 Å². The molecule has 1 aromatic heterocycles. The first kappa shape index (κ1) is 14.2. The number of aromatic amines is 1. The van der Waals surface area contributed by atoms with Gasteiger partial charge in [-0.15, -0.1) is 0 Å². The molecule has 2 heterocycles. The summed E-state index contributed by atoms with van der Waals surface area (Å²) in [4.78, 5) is 7.89. The van der Waals surface area contributed by atoms with Gasteiger partial charge in [-0.3, -0.25) is 0 Å².